The maximum Gasteiger partial charge on any atom is 0.170 e. The number of amidine groups is 1. The Bertz CT molecular complexity index is 447. The van der Waals surface area contributed by atoms with E-state index in [2.05, 4.69) is 29.2 Å². The third-order valence-electron chi connectivity index (χ3n) is 3.27. The van der Waals surface area contributed by atoms with Crippen LogP contribution in [0.5, 0.6) is 0 Å². The van der Waals surface area contributed by atoms with E-state index in [1.807, 2.05) is 6.07 Å². The normalized spacial score (nSPS) is 12.1. The largest absolute Gasteiger partial charge is 0.409 e. The Morgan fingerprint density at radius 1 is 1.40 bits per heavy atom. The van der Waals surface area contributed by atoms with Crippen molar-refractivity contribution in [1.29, 1.82) is 0 Å². The zero-order chi connectivity index (χ0) is 15.0. The van der Waals surface area contributed by atoms with Crippen LogP contribution in [0.1, 0.15) is 25.0 Å². The molecule has 4 N–H and O–H groups in total. The molecule has 0 bridgehead atoms. The molecule has 0 atom stereocenters. The Hall–Kier alpha value is -1.30. The molecule has 20 heavy (non-hydrogen) atoms. The number of oxime groups is 1. The lowest BCUT2D eigenvalue weighted by atomic mass is 10.1. The van der Waals surface area contributed by atoms with Gasteiger partial charge >= 0.3 is 0 Å². The van der Waals surface area contributed by atoms with Crippen LogP contribution in [-0.4, -0.2) is 42.1 Å². The average molecular weight is 299 g/mol. The van der Waals surface area contributed by atoms with Crippen molar-refractivity contribution in [1.82, 2.24) is 10.2 Å². The summed E-state index contributed by atoms with van der Waals surface area (Å²) in [7, 11) is 0. The minimum Gasteiger partial charge on any atom is -0.409 e. The Balaban J connectivity index is 2.49. The third-order valence-corrected chi connectivity index (χ3v) is 3.62. The highest BCUT2D eigenvalue weighted by atomic mass is 35.5. The number of hydrogen-bond acceptors (Lipinski definition) is 4. The number of nitrogens with zero attached hydrogens (tertiary/aromatic N) is 2. The maximum absolute atomic E-state index is 8.62. The van der Waals surface area contributed by atoms with Gasteiger partial charge in [0.15, 0.2) is 5.84 Å². The van der Waals surface area contributed by atoms with Crippen LogP contribution in [0, 0.1) is 0 Å². The molecule has 0 spiro atoms. The summed E-state index contributed by atoms with van der Waals surface area (Å²) in [5.74, 6) is 0.0629. The van der Waals surface area contributed by atoms with Crippen molar-refractivity contribution in [3.05, 3.63) is 34.3 Å². The highest BCUT2D eigenvalue weighted by Crippen LogP contribution is 2.17. The first kappa shape index (κ1) is 16.8. The van der Waals surface area contributed by atoms with Gasteiger partial charge in [-0.15, -0.1) is 0 Å². The molecule has 6 heteroatoms. The number of nitrogens with two attached hydrogens (primary N) is 1. The summed E-state index contributed by atoms with van der Waals surface area (Å²) in [5.41, 5.74) is 7.13. The van der Waals surface area contributed by atoms with Crippen LogP contribution in [0.4, 0.5) is 0 Å². The van der Waals surface area contributed by atoms with Gasteiger partial charge in [0.05, 0.1) is 0 Å². The standard InChI is InChI=1S/C14H23ClN4O/c1-3-19(4-2)8-7-17-10-12-6-5-11(9-13(12)15)14(16)18-20/h5-6,9,17,20H,3-4,7-8,10H2,1-2H3,(H2,16,18). The van der Waals surface area contributed by atoms with E-state index in [4.69, 9.17) is 22.5 Å². The topological polar surface area (TPSA) is 73.9 Å². The number of benzene rings is 1. The SMILES string of the molecule is CCN(CC)CCNCc1ccc(/C(N)=N/O)cc1Cl. The van der Waals surface area contributed by atoms with Gasteiger partial charge in [-0.05, 0) is 24.7 Å². The van der Waals surface area contributed by atoms with Gasteiger partial charge in [-0.25, -0.2) is 0 Å². The molecule has 0 aliphatic carbocycles. The van der Waals surface area contributed by atoms with Gasteiger partial charge < -0.3 is 21.2 Å². The van der Waals surface area contributed by atoms with E-state index >= 15 is 0 Å². The van der Waals surface area contributed by atoms with Crippen LogP contribution in [-0.2, 0) is 6.54 Å². The molecule has 0 aromatic heterocycles. The molecule has 0 unspecified atom stereocenters. The molecule has 0 aliphatic rings. The number of hydrogen-bond donors (Lipinski definition) is 3. The van der Waals surface area contributed by atoms with Crippen molar-refractivity contribution in [3.8, 4) is 0 Å². The predicted octanol–water partition coefficient (Wildman–Crippen LogP) is 1.87. The summed E-state index contributed by atoms with van der Waals surface area (Å²) < 4.78 is 0. The van der Waals surface area contributed by atoms with Gasteiger partial charge in [-0.1, -0.05) is 42.7 Å². The first-order valence-corrected chi connectivity index (χ1v) is 7.19. The second-order valence-electron chi connectivity index (χ2n) is 4.50. The van der Waals surface area contributed by atoms with E-state index < -0.39 is 0 Å². The van der Waals surface area contributed by atoms with E-state index in [1.165, 1.54) is 0 Å². The highest BCUT2D eigenvalue weighted by molar-refractivity contribution is 6.31. The minimum atomic E-state index is 0.0629. The Kier molecular flexibility index (Phi) is 7.36. The number of halogens is 1. The van der Waals surface area contributed by atoms with Crippen LogP contribution in [0.3, 0.4) is 0 Å². The Morgan fingerprint density at radius 3 is 2.65 bits per heavy atom. The highest BCUT2D eigenvalue weighted by Gasteiger charge is 2.05. The fourth-order valence-corrected chi connectivity index (χ4v) is 2.16. The maximum atomic E-state index is 8.62. The van der Waals surface area contributed by atoms with E-state index in [9.17, 15) is 0 Å². The van der Waals surface area contributed by atoms with Crippen LogP contribution in [0.15, 0.2) is 23.4 Å². The van der Waals surface area contributed by atoms with E-state index in [0.29, 0.717) is 17.1 Å². The smallest absolute Gasteiger partial charge is 0.170 e. The van der Waals surface area contributed by atoms with Gasteiger partial charge in [-0.3, -0.25) is 0 Å². The Morgan fingerprint density at radius 2 is 2.10 bits per heavy atom. The van der Waals surface area contributed by atoms with Crippen LogP contribution >= 0.6 is 11.6 Å². The molecule has 1 aromatic carbocycles. The summed E-state index contributed by atoms with van der Waals surface area (Å²) in [5, 5.41) is 15.6. The summed E-state index contributed by atoms with van der Waals surface area (Å²) in [6.07, 6.45) is 0. The summed E-state index contributed by atoms with van der Waals surface area (Å²) in [6.45, 7) is 9.09. The van der Waals surface area contributed by atoms with Crippen LogP contribution < -0.4 is 11.1 Å². The molecule has 0 saturated carbocycles. The monoisotopic (exact) mass is 298 g/mol. The minimum absolute atomic E-state index is 0.0629. The average Bonchev–Trinajstić information content (AvgIpc) is 2.47. The third kappa shape index (κ3) is 5.00. The van der Waals surface area contributed by atoms with Crippen LogP contribution in [0.2, 0.25) is 5.02 Å². The predicted molar refractivity (Wildman–Crippen MR) is 83.5 cm³/mol. The molecule has 0 saturated heterocycles. The molecular formula is C14H23ClN4O. The van der Waals surface area contributed by atoms with Crippen molar-refractivity contribution in [2.24, 2.45) is 10.9 Å². The zero-order valence-corrected chi connectivity index (χ0v) is 12.8. The lowest BCUT2D eigenvalue weighted by molar-refractivity contribution is 0.302. The molecule has 1 aromatic rings. The fourth-order valence-electron chi connectivity index (χ4n) is 1.91. The van der Waals surface area contributed by atoms with Gasteiger partial charge in [-0.2, -0.15) is 0 Å². The van der Waals surface area contributed by atoms with E-state index in [0.717, 1.165) is 31.7 Å². The molecule has 1 rings (SSSR count). The first-order valence-electron chi connectivity index (χ1n) is 6.81. The molecule has 0 aliphatic heterocycles. The number of likely N-dealkylation sites (N-methyl/N-ethyl adjacent to an activating group) is 1. The van der Waals surface area contributed by atoms with Crippen molar-refractivity contribution >= 4 is 17.4 Å². The summed E-state index contributed by atoms with van der Waals surface area (Å²) in [6, 6.07) is 5.39. The molecule has 0 radical (unpaired) electrons. The molecule has 112 valence electrons. The fraction of sp³-hybridized carbons (Fsp3) is 0.500. The lowest BCUT2D eigenvalue weighted by Crippen LogP contribution is -2.31. The van der Waals surface area contributed by atoms with Crippen molar-refractivity contribution in [2.45, 2.75) is 20.4 Å². The van der Waals surface area contributed by atoms with Gasteiger partial charge in [0.25, 0.3) is 0 Å². The number of nitrogens with one attached hydrogen (secondary N) is 1. The Labute approximate surface area is 125 Å². The quantitative estimate of drug-likeness (QED) is 0.225. The zero-order valence-electron chi connectivity index (χ0n) is 12.1. The number of rotatable bonds is 8. The van der Waals surface area contributed by atoms with Crippen molar-refractivity contribution in [2.75, 3.05) is 26.2 Å². The molecule has 0 heterocycles. The molecule has 0 amide bonds. The van der Waals surface area contributed by atoms with E-state index in [1.54, 1.807) is 12.1 Å². The van der Waals surface area contributed by atoms with Gasteiger partial charge in [0.2, 0.25) is 0 Å². The van der Waals surface area contributed by atoms with E-state index in [-0.39, 0.29) is 5.84 Å². The lowest BCUT2D eigenvalue weighted by Gasteiger charge is -2.18. The first-order chi connectivity index (χ1) is 9.62. The van der Waals surface area contributed by atoms with Gasteiger partial charge in [0.1, 0.15) is 0 Å². The second-order valence-corrected chi connectivity index (χ2v) is 4.90. The molecular weight excluding hydrogens is 276 g/mol. The van der Waals surface area contributed by atoms with Gasteiger partial charge in [0, 0.05) is 30.2 Å². The van der Waals surface area contributed by atoms with Crippen molar-refractivity contribution < 1.29 is 5.21 Å². The summed E-state index contributed by atoms with van der Waals surface area (Å²) in [4.78, 5) is 2.36. The molecule has 5 nitrogen and oxygen atoms in total. The molecule has 0 fully saturated rings. The van der Waals surface area contributed by atoms with Crippen LogP contribution in [0.25, 0.3) is 0 Å². The summed E-state index contributed by atoms with van der Waals surface area (Å²) >= 11 is 6.18. The second kappa shape index (κ2) is 8.79. The van der Waals surface area contributed by atoms with Crippen molar-refractivity contribution in [3.63, 3.8) is 0 Å².